The predicted octanol–water partition coefficient (Wildman–Crippen LogP) is 2.76. The van der Waals surface area contributed by atoms with Gasteiger partial charge >= 0.3 is 0 Å². The zero-order valence-corrected chi connectivity index (χ0v) is 8.14. The second-order valence-electron chi connectivity index (χ2n) is 2.48. The summed E-state index contributed by atoms with van der Waals surface area (Å²) in [5, 5.41) is 0. The van der Waals surface area contributed by atoms with Crippen molar-refractivity contribution in [2.75, 3.05) is 11.5 Å². The lowest BCUT2D eigenvalue weighted by molar-refractivity contribution is 1.05. The summed E-state index contributed by atoms with van der Waals surface area (Å²) < 4.78 is 0.673. The summed E-state index contributed by atoms with van der Waals surface area (Å²) in [5.41, 5.74) is 0.942. The van der Waals surface area contributed by atoms with Gasteiger partial charge in [-0.25, -0.2) is 0 Å². The Labute approximate surface area is 77.2 Å². The van der Waals surface area contributed by atoms with Gasteiger partial charge in [-0.05, 0) is 23.5 Å². The molecule has 11 heavy (non-hydrogen) atoms. The Balaban J connectivity index is 2.25. The molecule has 0 spiro atoms. The van der Waals surface area contributed by atoms with E-state index in [-0.39, 0.29) is 0 Å². The fourth-order valence-electron chi connectivity index (χ4n) is 0.915. The van der Waals surface area contributed by atoms with E-state index in [0.717, 1.165) is 12.0 Å². The third-order valence-electron chi connectivity index (χ3n) is 1.51. The van der Waals surface area contributed by atoms with E-state index in [4.69, 9.17) is 6.42 Å². The van der Waals surface area contributed by atoms with E-state index in [1.54, 1.807) is 0 Å². The van der Waals surface area contributed by atoms with Crippen LogP contribution in [0.2, 0.25) is 0 Å². The van der Waals surface area contributed by atoms with Crippen LogP contribution in [0.1, 0.15) is 12.8 Å². The van der Waals surface area contributed by atoms with E-state index in [0.29, 0.717) is 4.58 Å². The third-order valence-corrected chi connectivity index (χ3v) is 4.46. The molecule has 0 radical (unpaired) electrons. The van der Waals surface area contributed by atoms with Crippen molar-refractivity contribution in [1.29, 1.82) is 0 Å². The molecule has 0 saturated carbocycles. The second-order valence-corrected chi connectivity index (χ2v) is 5.40. The van der Waals surface area contributed by atoms with E-state index in [1.165, 1.54) is 17.9 Å². The lowest BCUT2D eigenvalue weighted by Crippen LogP contribution is -2.06. The summed E-state index contributed by atoms with van der Waals surface area (Å²) in [6, 6.07) is 0. The van der Waals surface area contributed by atoms with Gasteiger partial charge in [0, 0.05) is 6.42 Å². The summed E-state index contributed by atoms with van der Waals surface area (Å²) in [4.78, 5) is 0. The Morgan fingerprint density at radius 3 is 2.73 bits per heavy atom. The highest BCUT2D eigenvalue weighted by atomic mass is 32.2. The Kier molecular flexibility index (Phi) is 3.96. The minimum Gasteiger partial charge on any atom is -0.147 e. The second kappa shape index (κ2) is 4.79. The minimum atomic E-state index is 0.673. The SMILES string of the molecule is C#CC(=C)CC1SCCCS1. The van der Waals surface area contributed by atoms with Crippen molar-refractivity contribution >= 4 is 23.5 Å². The molecule has 0 atom stereocenters. The summed E-state index contributed by atoms with van der Waals surface area (Å²) in [5.74, 6) is 5.17. The molecule has 1 rings (SSSR count). The van der Waals surface area contributed by atoms with Gasteiger partial charge in [-0.2, -0.15) is 0 Å². The lowest BCUT2D eigenvalue weighted by Gasteiger charge is -2.20. The molecule has 0 N–H and O–H groups in total. The van der Waals surface area contributed by atoms with Crippen LogP contribution >= 0.6 is 23.5 Å². The van der Waals surface area contributed by atoms with Gasteiger partial charge in [-0.3, -0.25) is 0 Å². The first kappa shape index (κ1) is 9.09. The highest BCUT2D eigenvalue weighted by Gasteiger charge is 2.14. The van der Waals surface area contributed by atoms with Gasteiger partial charge in [0.15, 0.2) is 0 Å². The van der Waals surface area contributed by atoms with Crippen molar-refractivity contribution in [2.24, 2.45) is 0 Å². The van der Waals surface area contributed by atoms with Gasteiger partial charge in [-0.15, -0.1) is 29.9 Å². The van der Waals surface area contributed by atoms with Crippen LogP contribution in [0.25, 0.3) is 0 Å². The first-order valence-corrected chi connectivity index (χ1v) is 5.80. The molecule has 0 aromatic rings. The van der Waals surface area contributed by atoms with Gasteiger partial charge < -0.3 is 0 Å². The minimum absolute atomic E-state index is 0.673. The van der Waals surface area contributed by atoms with E-state index >= 15 is 0 Å². The summed E-state index contributed by atoms with van der Waals surface area (Å²) in [6.07, 6.45) is 7.55. The molecule has 60 valence electrons. The molecular weight excluding hydrogens is 172 g/mol. The van der Waals surface area contributed by atoms with Gasteiger partial charge in [-0.1, -0.05) is 12.5 Å². The van der Waals surface area contributed by atoms with Crippen LogP contribution in [0.4, 0.5) is 0 Å². The molecule has 0 bridgehead atoms. The smallest absolute Gasteiger partial charge is 0.0548 e. The van der Waals surface area contributed by atoms with Gasteiger partial charge in [0.1, 0.15) is 0 Å². The molecule has 2 heteroatoms. The highest BCUT2D eigenvalue weighted by molar-refractivity contribution is 8.17. The first-order valence-electron chi connectivity index (χ1n) is 3.70. The largest absolute Gasteiger partial charge is 0.147 e. The number of thioether (sulfide) groups is 2. The maximum atomic E-state index is 5.22. The number of terminal acetylenes is 1. The molecule has 0 nitrogen and oxygen atoms in total. The fourth-order valence-corrected chi connectivity index (χ4v) is 3.85. The number of hydrogen-bond donors (Lipinski definition) is 0. The zero-order valence-electron chi connectivity index (χ0n) is 6.51. The molecule has 1 saturated heterocycles. The van der Waals surface area contributed by atoms with Gasteiger partial charge in [0.25, 0.3) is 0 Å². The Hall–Kier alpha value is -0.000000000000000111. The summed E-state index contributed by atoms with van der Waals surface area (Å²) in [7, 11) is 0. The topological polar surface area (TPSA) is 0 Å². The van der Waals surface area contributed by atoms with Crippen molar-refractivity contribution in [3.05, 3.63) is 12.2 Å². The maximum Gasteiger partial charge on any atom is 0.0548 e. The molecule has 0 aromatic carbocycles. The molecule has 0 aromatic heterocycles. The van der Waals surface area contributed by atoms with E-state index in [2.05, 4.69) is 12.5 Å². The van der Waals surface area contributed by atoms with E-state index in [1.807, 2.05) is 23.5 Å². The predicted molar refractivity (Wildman–Crippen MR) is 55.9 cm³/mol. The van der Waals surface area contributed by atoms with Crippen LogP contribution in [0.3, 0.4) is 0 Å². The average molecular weight is 184 g/mol. The van der Waals surface area contributed by atoms with Crippen molar-refractivity contribution in [1.82, 2.24) is 0 Å². The fraction of sp³-hybridized carbons (Fsp3) is 0.556. The van der Waals surface area contributed by atoms with Crippen LogP contribution in [0.5, 0.6) is 0 Å². The normalized spacial score (nSPS) is 19.2. The number of rotatable bonds is 2. The van der Waals surface area contributed by atoms with Crippen molar-refractivity contribution in [3.63, 3.8) is 0 Å². The lowest BCUT2D eigenvalue weighted by atomic mass is 10.2. The third kappa shape index (κ3) is 3.27. The monoisotopic (exact) mass is 184 g/mol. The van der Waals surface area contributed by atoms with Crippen molar-refractivity contribution in [3.8, 4) is 12.3 Å². The molecular formula is C9H12S2. The van der Waals surface area contributed by atoms with E-state index in [9.17, 15) is 0 Å². The van der Waals surface area contributed by atoms with Crippen LogP contribution in [-0.2, 0) is 0 Å². The Bertz CT molecular complexity index is 172. The maximum absolute atomic E-state index is 5.22. The van der Waals surface area contributed by atoms with Gasteiger partial charge in [0.2, 0.25) is 0 Å². The van der Waals surface area contributed by atoms with Crippen LogP contribution in [-0.4, -0.2) is 16.1 Å². The Morgan fingerprint density at radius 1 is 1.55 bits per heavy atom. The van der Waals surface area contributed by atoms with Crippen molar-refractivity contribution in [2.45, 2.75) is 17.4 Å². The summed E-state index contributed by atoms with van der Waals surface area (Å²) >= 11 is 4.03. The molecule has 0 aliphatic carbocycles. The Morgan fingerprint density at radius 2 is 2.18 bits per heavy atom. The summed E-state index contributed by atoms with van der Waals surface area (Å²) in [6.45, 7) is 3.80. The van der Waals surface area contributed by atoms with Crippen LogP contribution < -0.4 is 0 Å². The molecule has 1 aliphatic heterocycles. The molecule has 0 unspecified atom stereocenters. The molecule has 1 fully saturated rings. The highest BCUT2D eigenvalue weighted by Crippen LogP contribution is 2.34. The molecule has 1 aliphatic rings. The number of allylic oxidation sites excluding steroid dienone is 1. The van der Waals surface area contributed by atoms with Crippen LogP contribution in [0, 0.1) is 12.3 Å². The van der Waals surface area contributed by atoms with E-state index < -0.39 is 0 Å². The average Bonchev–Trinajstić information content (AvgIpc) is 2.06. The molecule has 0 amide bonds. The number of hydrogen-bond acceptors (Lipinski definition) is 2. The quantitative estimate of drug-likeness (QED) is 0.605. The molecule has 1 heterocycles. The zero-order chi connectivity index (χ0) is 8.10. The standard InChI is InChI=1S/C9H12S2/c1-3-8(2)7-9-10-5-4-6-11-9/h1,9H,2,4-7H2. The van der Waals surface area contributed by atoms with Gasteiger partial charge in [0.05, 0.1) is 4.58 Å². The van der Waals surface area contributed by atoms with Crippen molar-refractivity contribution < 1.29 is 0 Å². The van der Waals surface area contributed by atoms with Crippen LogP contribution in [0.15, 0.2) is 12.2 Å². The first-order chi connectivity index (χ1) is 5.33.